The lowest BCUT2D eigenvalue weighted by Gasteiger charge is -2.28. The van der Waals surface area contributed by atoms with Crippen molar-refractivity contribution in [2.24, 2.45) is 0 Å². The molecule has 0 bridgehead atoms. The van der Waals surface area contributed by atoms with Crippen LogP contribution < -0.4 is 4.90 Å². The summed E-state index contributed by atoms with van der Waals surface area (Å²) in [7, 11) is 0. The van der Waals surface area contributed by atoms with Crippen molar-refractivity contribution in [1.29, 1.82) is 0 Å². The van der Waals surface area contributed by atoms with Crippen LogP contribution in [0.2, 0.25) is 0 Å². The van der Waals surface area contributed by atoms with Crippen LogP contribution in [0, 0.1) is 10.1 Å². The molecule has 0 N–H and O–H groups in total. The van der Waals surface area contributed by atoms with E-state index in [1.165, 1.54) is 18.2 Å². The molecular weight excluding hydrogens is 288 g/mol. The van der Waals surface area contributed by atoms with E-state index in [0.29, 0.717) is 44.2 Å². The fourth-order valence-electron chi connectivity index (χ4n) is 2.22. The average molecular weight is 306 g/mol. The molecule has 1 aromatic carbocycles. The van der Waals surface area contributed by atoms with Crippen molar-refractivity contribution >= 4 is 23.4 Å². The normalized spacial score (nSPS) is 15.0. The summed E-state index contributed by atoms with van der Waals surface area (Å²) < 4.78 is 10.0. The number of carbonyl (C=O) groups excluding carboxylic acids is 1. The Morgan fingerprint density at radius 3 is 2.82 bits per heavy atom. The average Bonchev–Trinajstić information content (AvgIpc) is 2.54. The van der Waals surface area contributed by atoms with Crippen molar-refractivity contribution in [2.45, 2.75) is 6.92 Å². The molecule has 0 atom stereocenters. The first-order chi connectivity index (χ1) is 10.6. The Morgan fingerprint density at radius 1 is 1.45 bits per heavy atom. The molecule has 118 valence electrons. The van der Waals surface area contributed by atoms with Crippen molar-refractivity contribution in [3.05, 3.63) is 40.0 Å². The lowest BCUT2D eigenvalue weighted by molar-refractivity contribution is -0.384. The Balaban J connectivity index is 2.23. The number of nitrogens with zero attached hydrogens (tertiary/aromatic N) is 2. The second-order valence-electron chi connectivity index (χ2n) is 4.69. The van der Waals surface area contributed by atoms with E-state index in [1.54, 1.807) is 19.1 Å². The number of esters is 1. The summed E-state index contributed by atoms with van der Waals surface area (Å²) >= 11 is 0. The highest BCUT2D eigenvalue weighted by Crippen LogP contribution is 2.30. The molecule has 2 rings (SSSR count). The van der Waals surface area contributed by atoms with E-state index < -0.39 is 10.9 Å². The van der Waals surface area contributed by atoms with Crippen molar-refractivity contribution in [3.63, 3.8) is 0 Å². The lowest BCUT2D eigenvalue weighted by atomic mass is 10.1. The maximum absolute atomic E-state index is 11.3. The number of morpholine rings is 1. The van der Waals surface area contributed by atoms with Gasteiger partial charge in [0, 0.05) is 25.2 Å². The quantitative estimate of drug-likeness (QED) is 0.358. The molecule has 22 heavy (non-hydrogen) atoms. The first-order valence-corrected chi connectivity index (χ1v) is 7.07. The van der Waals surface area contributed by atoms with Crippen molar-refractivity contribution in [1.82, 2.24) is 0 Å². The van der Waals surface area contributed by atoms with Gasteiger partial charge in [0.1, 0.15) is 5.69 Å². The topological polar surface area (TPSA) is 81.9 Å². The minimum atomic E-state index is -0.470. The van der Waals surface area contributed by atoms with Crippen LogP contribution >= 0.6 is 0 Å². The van der Waals surface area contributed by atoms with E-state index in [9.17, 15) is 14.9 Å². The van der Waals surface area contributed by atoms with Crippen molar-refractivity contribution < 1.29 is 19.2 Å². The highest BCUT2D eigenvalue weighted by Gasteiger charge is 2.21. The van der Waals surface area contributed by atoms with Gasteiger partial charge < -0.3 is 14.4 Å². The minimum absolute atomic E-state index is 0.0212. The Bertz CT molecular complexity index is 579. The van der Waals surface area contributed by atoms with Crippen LogP contribution in [0.3, 0.4) is 0 Å². The third kappa shape index (κ3) is 4.05. The molecule has 0 aliphatic carbocycles. The second kappa shape index (κ2) is 7.56. The molecular formula is C15H18N2O5. The predicted octanol–water partition coefficient (Wildman–Crippen LogP) is 2.01. The summed E-state index contributed by atoms with van der Waals surface area (Å²) in [5.74, 6) is -0.470. The molecule has 1 fully saturated rings. The molecule has 1 aliphatic rings. The van der Waals surface area contributed by atoms with Gasteiger partial charge in [-0.1, -0.05) is 6.07 Å². The van der Waals surface area contributed by atoms with E-state index in [2.05, 4.69) is 0 Å². The number of hydrogen-bond donors (Lipinski definition) is 0. The van der Waals surface area contributed by atoms with E-state index >= 15 is 0 Å². The number of hydrogen-bond acceptors (Lipinski definition) is 6. The highest BCUT2D eigenvalue weighted by atomic mass is 16.6. The lowest BCUT2D eigenvalue weighted by Crippen LogP contribution is -2.36. The van der Waals surface area contributed by atoms with E-state index in [-0.39, 0.29) is 5.69 Å². The van der Waals surface area contributed by atoms with Gasteiger partial charge >= 0.3 is 5.97 Å². The van der Waals surface area contributed by atoms with E-state index in [1.807, 2.05) is 4.90 Å². The first-order valence-electron chi connectivity index (χ1n) is 7.07. The predicted molar refractivity (Wildman–Crippen MR) is 81.8 cm³/mol. The molecule has 0 unspecified atom stereocenters. The minimum Gasteiger partial charge on any atom is -0.463 e. The molecule has 0 amide bonds. The zero-order valence-corrected chi connectivity index (χ0v) is 12.4. The van der Waals surface area contributed by atoms with Gasteiger partial charge in [-0.3, -0.25) is 10.1 Å². The van der Waals surface area contributed by atoms with Crippen LogP contribution in [0.15, 0.2) is 24.3 Å². The number of anilines is 1. The molecule has 1 saturated heterocycles. The zero-order chi connectivity index (χ0) is 15.9. The smallest absolute Gasteiger partial charge is 0.330 e. The van der Waals surface area contributed by atoms with Crippen molar-refractivity contribution in [2.75, 3.05) is 37.8 Å². The number of benzene rings is 1. The molecule has 0 saturated carbocycles. The van der Waals surface area contributed by atoms with E-state index in [0.717, 1.165) is 0 Å². The van der Waals surface area contributed by atoms with Crippen molar-refractivity contribution in [3.8, 4) is 0 Å². The zero-order valence-electron chi connectivity index (χ0n) is 12.4. The third-order valence-corrected chi connectivity index (χ3v) is 3.25. The number of ether oxygens (including phenoxy) is 2. The van der Waals surface area contributed by atoms with Crippen LogP contribution in [0.25, 0.3) is 6.08 Å². The number of nitro groups is 1. The summed E-state index contributed by atoms with van der Waals surface area (Å²) in [4.78, 5) is 24.1. The Morgan fingerprint density at radius 2 is 2.18 bits per heavy atom. The summed E-state index contributed by atoms with van der Waals surface area (Å²) in [5, 5.41) is 11.3. The Hall–Kier alpha value is -2.41. The molecule has 7 heteroatoms. The van der Waals surface area contributed by atoms with Gasteiger partial charge in [-0.2, -0.15) is 0 Å². The van der Waals surface area contributed by atoms with Gasteiger partial charge in [0.15, 0.2) is 0 Å². The Labute approximate surface area is 128 Å². The molecule has 7 nitrogen and oxygen atoms in total. The highest BCUT2D eigenvalue weighted by molar-refractivity contribution is 5.87. The standard InChI is InChI=1S/C15H18N2O5/c1-2-22-15(18)6-4-12-3-5-13(14(11-12)17(19)20)16-7-9-21-10-8-16/h3-6,11H,2,7-10H2,1H3/b6-4+. The first kappa shape index (κ1) is 16.0. The van der Waals surface area contributed by atoms with Crippen LogP contribution in [0.5, 0.6) is 0 Å². The Kier molecular flexibility index (Phi) is 5.48. The fourth-order valence-corrected chi connectivity index (χ4v) is 2.22. The summed E-state index contributed by atoms with van der Waals surface area (Å²) in [6, 6.07) is 4.91. The molecule has 1 aliphatic heterocycles. The van der Waals surface area contributed by atoms with Gasteiger partial charge in [-0.25, -0.2) is 4.79 Å². The van der Waals surface area contributed by atoms with Crippen LogP contribution in [0.1, 0.15) is 12.5 Å². The van der Waals surface area contributed by atoms with Gasteiger partial charge in [-0.05, 0) is 24.6 Å². The molecule has 0 aromatic heterocycles. The third-order valence-electron chi connectivity index (χ3n) is 3.25. The maximum atomic E-state index is 11.3. The van der Waals surface area contributed by atoms with E-state index in [4.69, 9.17) is 9.47 Å². The number of carbonyl (C=O) groups is 1. The molecule has 1 heterocycles. The van der Waals surface area contributed by atoms with Gasteiger partial charge in [0.2, 0.25) is 0 Å². The van der Waals surface area contributed by atoms with Crippen LogP contribution in [-0.2, 0) is 14.3 Å². The maximum Gasteiger partial charge on any atom is 0.330 e. The number of rotatable bonds is 5. The van der Waals surface area contributed by atoms with Crippen LogP contribution in [0.4, 0.5) is 11.4 Å². The SMILES string of the molecule is CCOC(=O)/C=C/c1ccc(N2CCOCC2)c([N+](=O)[O-])c1. The van der Waals surface area contributed by atoms with Crippen LogP contribution in [-0.4, -0.2) is 43.8 Å². The largest absolute Gasteiger partial charge is 0.463 e. The summed E-state index contributed by atoms with van der Waals surface area (Å²) in [6.07, 6.45) is 2.77. The molecule has 1 aromatic rings. The molecule has 0 radical (unpaired) electrons. The molecule has 0 spiro atoms. The van der Waals surface area contributed by atoms with Gasteiger partial charge in [-0.15, -0.1) is 0 Å². The number of nitro benzene ring substituents is 1. The fraction of sp³-hybridized carbons (Fsp3) is 0.400. The van der Waals surface area contributed by atoms with Gasteiger partial charge in [0.25, 0.3) is 5.69 Å². The summed E-state index contributed by atoms with van der Waals surface area (Å²) in [5.41, 5.74) is 1.17. The second-order valence-corrected chi connectivity index (χ2v) is 4.69. The summed E-state index contributed by atoms with van der Waals surface area (Å²) in [6.45, 7) is 4.37. The monoisotopic (exact) mass is 306 g/mol. The van der Waals surface area contributed by atoms with Gasteiger partial charge in [0.05, 0.1) is 24.7 Å².